The first-order valence-corrected chi connectivity index (χ1v) is 9.03. The maximum Gasteiger partial charge on any atom is 0.411 e. The number of sulfonamides is 1. The minimum absolute atomic E-state index is 0.0576. The molecule has 26 heavy (non-hydrogen) atoms. The van der Waals surface area contributed by atoms with E-state index in [9.17, 15) is 23.3 Å². The third kappa shape index (κ3) is 4.48. The summed E-state index contributed by atoms with van der Waals surface area (Å²) >= 11 is 0. The van der Waals surface area contributed by atoms with Crippen LogP contribution in [0.2, 0.25) is 0 Å². The van der Waals surface area contributed by atoms with Gasteiger partial charge in [0, 0.05) is 11.8 Å². The average Bonchev–Trinajstić information content (AvgIpc) is 2.57. The molecule has 0 atom stereocenters. The van der Waals surface area contributed by atoms with Crippen LogP contribution in [0.3, 0.4) is 0 Å². The van der Waals surface area contributed by atoms with E-state index in [0.29, 0.717) is 5.69 Å². The normalized spacial score (nSPS) is 10.8. The van der Waals surface area contributed by atoms with Crippen LogP contribution in [0.25, 0.3) is 0 Å². The van der Waals surface area contributed by atoms with E-state index < -0.39 is 21.0 Å². The number of benzene rings is 2. The van der Waals surface area contributed by atoms with Crippen LogP contribution in [-0.2, 0) is 14.8 Å². The first-order chi connectivity index (χ1) is 12.2. The first-order valence-electron chi connectivity index (χ1n) is 7.55. The Morgan fingerprint density at radius 1 is 1.19 bits per heavy atom. The van der Waals surface area contributed by atoms with Crippen LogP contribution in [0.15, 0.2) is 47.4 Å². The second kappa shape index (κ2) is 7.83. The molecule has 0 aliphatic carbocycles. The van der Waals surface area contributed by atoms with Gasteiger partial charge in [0.25, 0.3) is 15.7 Å². The van der Waals surface area contributed by atoms with Crippen LogP contribution in [0.4, 0.5) is 21.9 Å². The molecule has 0 fully saturated rings. The molecular formula is C16H17N3O6S. The zero-order chi connectivity index (χ0) is 19.3. The SMILES string of the molecule is CCOC(=O)Nc1ccc(S(=O)(=O)Nc2cccc([N+](=O)[O-])c2C)cc1. The van der Waals surface area contributed by atoms with Crippen molar-refractivity contribution in [3.05, 3.63) is 58.1 Å². The van der Waals surface area contributed by atoms with Crippen molar-refractivity contribution in [3.63, 3.8) is 0 Å². The molecule has 1 amide bonds. The smallest absolute Gasteiger partial charge is 0.411 e. The van der Waals surface area contributed by atoms with E-state index in [2.05, 4.69) is 10.0 Å². The van der Waals surface area contributed by atoms with Crippen molar-refractivity contribution in [1.29, 1.82) is 0 Å². The fourth-order valence-corrected chi connectivity index (χ4v) is 3.26. The van der Waals surface area contributed by atoms with E-state index in [0.717, 1.165) is 0 Å². The average molecular weight is 379 g/mol. The summed E-state index contributed by atoms with van der Waals surface area (Å²) in [5.74, 6) is 0. The van der Waals surface area contributed by atoms with Gasteiger partial charge in [-0.3, -0.25) is 20.2 Å². The summed E-state index contributed by atoms with van der Waals surface area (Å²) in [6, 6.07) is 9.56. The fourth-order valence-electron chi connectivity index (χ4n) is 2.14. The van der Waals surface area contributed by atoms with Gasteiger partial charge in [-0.05, 0) is 44.2 Å². The van der Waals surface area contributed by atoms with Crippen LogP contribution in [0.1, 0.15) is 12.5 Å². The van der Waals surface area contributed by atoms with Gasteiger partial charge in [-0.2, -0.15) is 0 Å². The number of rotatable bonds is 6. The molecule has 0 unspecified atom stereocenters. The Labute approximate surface area is 150 Å². The van der Waals surface area contributed by atoms with Crippen molar-refractivity contribution in [3.8, 4) is 0 Å². The van der Waals surface area contributed by atoms with Crippen LogP contribution in [0, 0.1) is 17.0 Å². The first kappa shape index (κ1) is 19.2. The number of carbonyl (C=O) groups is 1. The highest BCUT2D eigenvalue weighted by Crippen LogP contribution is 2.27. The predicted octanol–water partition coefficient (Wildman–Crippen LogP) is 3.27. The van der Waals surface area contributed by atoms with Crippen LogP contribution >= 0.6 is 0 Å². The number of amides is 1. The lowest BCUT2D eigenvalue weighted by Crippen LogP contribution is -2.15. The number of nitro groups is 1. The molecule has 0 heterocycles. The van der Waals surface area contributed by atoms with E-state index in [-0.39, 0.29) is 28.4 Å². The molecule has 10 heteroatoms. The fraction of sp³-hybridized carbons (Fsp3) is 0.188. The topological polar surface area (TPSA) is 128 Å². The Bertz CT molecular complexity index is 926. The molecule has 0 saturated carbocycles. The van der Waals surface area contributed by atoms with Gasteiger partial charge in [0.15, 0.2) is 0 Å². The second-order valence-electron chi connectivity index (χ2n) is 5.18. The Morgan fingerprint density at radius 2 is 1.85 bits per heavy atom. The highest BCUT2D eigenvalue weighted by atomic mass is 32.2. The van der Waals surface area contributed by atoms with Crippen LogP contribution < -0.4 is 10.0 Å². The lowest BCUT2D eigenvalue weighted by atomic mass is 10.2. The van der Waals surface area contributed by atoms with E-state index in [4.69, 9.17) is 4.74 Å². The molecular weight excluding hydrogens is 362 g/mol. The number of hydrogen-bond donors (Lipinski definition) is 2. The van der Waals surface area contributed by atoms with E-state index in [1.165, 1.54) is 49.4 Å². The Morgan fingerprint density at radius 3 is 2.42 bits per heavy atom. The van der Waals surface area contributed by atoms with Crippen molar-refractivity contribution >= 4 is 33.2 Å². The lowest BCUT2D eigenvalue weighted by Gasteiger charge is -2.11. The Hall–Kier alpha value is -3.14. The molecule has 9 nitrogen and oxygen atoms in total. The number of anilines is 2. The van der Waals surface area contributed by atoms with Crippen molar-refractivity contribution in [2.75, 3.05) is 16.6 Å². The molecule has 2 N–H and O–H groups in total. The monoisotopic (exact) mass is 379 g/mol. The lowest BCUT2D eigenvalue weighted by molar-refractivity contribution is -0.385. The summed E-state index contributed by atoms with van der Waals surface area (Å²) in [5, 5.41) is 13.4. The molecule has 0 spiro atoms. The molecule has 2 rings (SSSR count). The summed E-state index contributed by atoms with van der Waals surface area (Å²) in [6.07, 6.45) is -0.645. The van der Waals surface area contributed by atoms with E-state index in [1.807, 2.05) is 0 Å². The van der Waals surface area contributed by atoms with Gasteiger partial charge in [0.1, 0.15) is 0 Å². The van der Waals surface area contributed by atoms with Gasteiger partial charge in [-0.1, -0.05) is 6.07 Å². The highest BCUT2D eigenvalue weighted by molar-refractivity contribution is 7.92. The zero-order valence-corrected chi connectivity index (χ0v) is 14.9. The van der Waals surface area contributed by atoms with Gasteiger partial charge < -0.3 is 4.74 Å². The molecule has 0 radical (unpaired) electrons. The quantitative estimate of drug-likeness (QED) is 0.585. The van der Waals surface area contributed by atoms with Gasteiger partial charge in [0.05, 0.1) is 27.7 Å². The van der Waals surface area contributed by atoms with Crippen LogP contribution in [0.5, 0.6) is 0 Å². The summed E-state index contributed by atoms with van der Waals surface area (Å²) < 4.78 is 32.0. The van der Waals surface area contributed by atoms with Crippen LogP contribution in [-0.4, -0.2) is 26.0 Å². The van der Waals surface area contributed by atoms with Crippen molar-refractivity contribution < 1.29 is 22.9 Å². The minimum Gasteiger partial charge on any atom is -0.450 e. The summed E-state index contributed by atoms with van der Waals surface area (Å²) in [7, 11) is -3.95. The maximum absolute atomic E-state index is 12.5. The maximum atomic E-state index is 12.5. The summed E-state index contributed by atoms with van der Waals surface area (Å²) in [4.78, 5) is 21.7. The summed E-state index contributed by atoms with van der Waals surface area (Å²) in [5.41, 5.74) is 0.516. The second-order valence-corrected chi connectivity index (χ2v) is 6.86. The predicted molar refractivity (Wildman–Crippen MR) is 95.7 cm³/mol. The third-order valence-electron chi connectivity index (χ3n) is 3.43. The van der Waals surface area contributed by atoms with Gasteiger partial charge in [-0.15, -0.1) is 0 Å². The number of nitrogens with zero attached hydrogens (tertiary/aromatic N) is 1. The molecule has 0 bridgehead atoms. The van der Waals surface area contributed by atoms with Crippen molar-refractivity contribution in [2.24, 2.45) is 0 Å². The molecule has 0 aliphatic rings. The molecule has 2 aromatic rings. The summed E-state index contributed by atoms with van der Waals surface area (Å²) in [6.45, 7) is 3.34. The number of carbonyl (C=O) groups excluding carboxylic acids is 1. The van der Waals surface area contributed by atoms with Gasteiger partial charge in [-0.25, -0.2) is 13.2 Å². The number of nitro benzene ring substituents is 1. The molecule has 2 aromatic carbocycles. The number of nitrogens with one attached hydrogen (secondary N) is 2. The molecule has 0 saturated heterocycles. The number of hydrogen-bond acceptors (Lipinski definition) is 6. The third-order valence-corrected chi connectivity index (χ3v) is 4.81. The molecule has 0 aromatic heterocycles. The molecule has 138 valence electrons. The van der Waals surface area contributed by atoms with Gasteiger partial charge in [0.2, 0.25) is 0 Å². The molecule has 0 aliphatic heterocycles. The minimum atomic E-state index is -3.95. The van der Waals surface area contributed by atoms with E-state index >= 15 is 0 Å². The van der Waals surface area contributed by atoms with Gasteiger partial charge >= 0.3 is 6.09 Å². The van der Waals surface area contributed by atoms with Crippen molar-refractivity contribution in [2.45, 2.75) is 18.7 Å². The Balaban J connectivity index is 2.22. The highest BCUT2D eigenvalue weighted by Gasteiger charge is 2.19. The number of ether oxygens (including phenoxy) is 1. The zero-order valence-electron chi connectivity index (χ0n) is 14.1. The standard InChI is InChI=1S/C16H17N3O6S/c1-3-25-16(20)17-12-7-9-13(10-8-12)26(23,24)18-14-5-4-6-15(11(14)2)19(21)22/h4-10,18H,3H2,1-2H3,(H,17,20). The van der Waals surface area contributed by atoms with E-state index in [1.54, 1.807) is 6.92 Å². The van der Waals surface area contributed by atoms with Crippen molar-refractivity contribution in [1.82, 2.24) is 0 Å². The largest absolute Gasteiger partial charge is 0.450 e. The Kier molecular flexibility index (Phi) is 5.78.